The van der Waals surface area contributed by atoms with Crippen LogP contribution >= 0.6 is 0 Å². The Kier molecular flexibility index (Phi) is 4.16. The minimum absolute atomic E-state index is 0.166. The molecule has 2 rings (SSSR count). The number of nitrogens with zero attached hydrogens (tertiary/aromatic N) is 1. The van der Waals surface area contributed by atoms with Crippen LogP contribution in [-0.4, -0.2) is 12.3 Å². The van der Waals surface area contributed by atoms with E-state index in [0.717, 1.165) is 11.3 Å². The van der Waals surface area contributed by atoms with E-state index in [1.54, 1.807) is 13.2 Å². The van der Waals surface area contributed by atoms with Gasteiger partial charge in [0.2, 0.25) is 0 Å². The lowest BCUT2D eigenvalue weighted by molar-refractivity contribution is 0.103. The molecule has 0 unspecified atom stereocenters. The van der Waals surface area contributed by atoms with Gasteiger partial charge in [0, 0.05) is 6.07 Å². The van der Waals surface area contributed by atoms with Gasteiger partial charge in [0.25, 0.3) is 5.88 Å². The number of hydrogen-bond donors (Lipinski definition) is 1. The molecule has 0 saturated carbocycles. The minimum Gasteiger partial charge on any atom is -0.497 e. The van der Waals surface area contributed by atoms with Gasteiger partial charge in [0.05, 0.1) is 7.11 Å². The van der Waals surface area contributed by atoms with Crippen LogP contribution in [0.3, 0.4) is 0 Å². The van der Waals surface area contributed by atoms with Gasteiger partial charge in [0.15, 0.2) is 5.76 Å². The van der Waals surface area contributed by atoms with Crippen LogP contribution in [0.25, 0.3) is 0 Å². The smallest absolute Gasteiger partial charge is 0.254 e. The largest absolute Gasteiger partial charge is 0.497 e. The summed E-state index contributed by atoms with van der Waals surface area (Å²) in [6.07, 6.45) is 0. The Hall–Kier alpha value is -2.05. The lowest BCUT2D eigenvalue weighted by atomic mass is 10.2. The molecule has 0 saturated heterocycles. The Bertz CT molecular complexity index is 481. The maximum Gasteiger partial charge on any atom is 0.254 e. The molecule has 6 heteroatoms. The van der Waals surface area contributed by atoms with E-state index in [9.17, 15) is 0 Å². The van der Waals surface area contributed by atoms with Gasteiger partial charge in [-0.05, 0) is 22.9 Å². The van der Waals surface area contributed by atoms with Crippen molar-refractivity contribution in [3.05, 3.63) is 41.7 Å². The molecule has 1 aromatic carbocycles. The summed E-state index contributed by atoms with van der Waals surface area (Å²) in [5.74, 6) is 6.65. The molecular formula is C12H14N2O4. The maximum atomic E-state index is 5.45. The van der Waals surface area contributed by atoms with Crippen molar-refractivity contribution in [2.75, 3.05) is 7.11 Å². The molecule has 0 spiro atoms. The van der Waals surface area contributed by atoms with E-state index < -0.39 is 0 Å². The number of hydrogen-bond acceptors (Lipinski definition) is 6. The van der Waals surface area contributed by atoms with E-state index in [4.69, 9.17) is 19.9 Å². The first kappa shape index (κ1) is 12.4. The van der Waals surface area contributed by atoms with E-state index in [-0.39, 0.29) is 6.61 Å². The fraction of sp³-hybridized carbons (Fsp3) is 0.250. The Morgan fingerprint density at radius 3 is 2.67 bits per heavy atom. The number of benzene rings is 1. The van der Waals surface area contributed by atoms with Crippen molar-refractivity contribution < 1.29 is 18.8 Å². The number of rotatable bonds is 6. The average molecular weight is 250 g/mol. The van der Waals surface area contributed by atoms with E-state index in [2.05, 4.69) is 9.99 Å². The number of methoxy groups -OCH3 is 1. The molecule has 0 aliphatic rings. The van der Waals surface area contributed by atoms with Gasteiger partial charge in [-0.15, -0.1) is 0 Å². The highest BCUT2D eigenvalue weighted by atomic mass is 16.6. The lowest BCUT2D eigenvalue weighted by Crippen LogP contribution is -1.97. The zero-order chi connectivity index (χ0) is 12.8. The van der Waals surface area contributed by atoms with Gasteiger partial charge in [-0.25, -0.2) is 5.90 Å². The topological polar surface area (TPSA) is 79.7 Å². The van der Waals surface area contributed by atoms with Crippen molar-refractivity contribution in [1.29, 1.82) is 0 Å². The van der Waals surface area contributed by atoms with Crippen LogP contribution in [0.1, 0.15) is 11.3 Å². The molecule has 0 atom stereocenters. The summed E-state index contributed by atoms with van der Waals surface area (Å²) in [4.78, 5) is 4.43. The van der Waals surface area contributed by atoms with Crippen LogP contribution in [0, 0.1) is 0 Å². The van der Waals surface area contributed by atoms with Crippen molar-refractivity contribution in [1.82, 2.24) is 5.16 Å². The molecule has 0 aliphatic carbocycles. The van der Waals surface area contributed by atoms with Crippen LogP contribution < -0.4 is 15.4 Å². The van der Waals surface area contributed by atoms with Gasteiger partial charge < -0.3 is 14.0 Å². The molecule has 18 heavy (non-hydrogen) atoms. The normalized spacial score (nSPS) is 10.3. The van der Waals surface area contributed by atoms with Crippen LogP contribution in [0.15, 0.2) is 34.9 Å². The summed E-state index contributed by atoms with van der Waals surface area (Å²) >= 11 is 0. The Morgan fingerprint density at radius 1 is 1.22 bits per heavy atom. The number of ether oxygens (including phenoxy) is 2. The fourth-order valence-electron chi connectivity index (χ4n) is 1.39. The molecule has 6 nitrogen and oxygen atoms in total. The standard InChI is InChI=1S/C12H14N2O4/c1-15-10-4-2-9(3-5-10)7-16-12-6-11(8-17-13)18-14-12/h2-6H,7-8,13H2,1H3. The molecule has 0 bridgehead atoms. The average Bonchev–Trinajstić information content (AvgIpc) is 2.85. The summed E-state index contributed by atoms with van der Waals surface area (Å²) in [5.41, 5.74) is 1.01. The molecule has 2 aromatic rings. The SMILES string of the molecule is COc1ccc(COc2cc(CON)on2)cc1. The monoisotopic (exact) mass is 250 g/mol. The van der Waals surface area contributed by atoms with Crippen LogP contribution in [-0.2, 0) is 18.1 Å². The third kappa shape index (κ3) is 3.22. The summed E-state index contributed by atoms with van der Waals surface area (Å²) < 4.78 is 15.4. The van der Waals surface area contributed by atoms with Crippen molar-refractivity contribution in [2.45, 2.75) is 13.2 Å². The summed E-state index contributed by atoms with van der Waals surface area (Å²) in [6, 6.07) is 9.21. The highest BCUT2D eigenvalue weighted by Crippen LogP contribution is 2.15. The minimum atomic E-state index is 0.166. The quantitative estimate of drug-likeness (QED) is 0.785. The highest BCUT2D eigenvalue weighted by molar-refractivity contribution is 5.27. The predicted molar refractivity (Wildman–Crippen MR) is 62.8 cm³/mol. The van der Waals surface area contributed by atoms with E-state index >= 15 is 0 Å². The van der Waals surface area contributed by atoms with Crippen molar-refractivity contribution in [3.8, 4) is 11.6 Å². The first-order valence-electron chi connectivity index (χ1n) is 5.35. The highest BCUT2D eigenvalue weighted by Gasteiger charge is 2.05. The van der Waals surface area contributed by atoms with Crippen molar-refractivity contribution in [2.24, 2.45) is 5.90 Å². The Labute approximate surface area is 104 Å². The first-order chi connectivity index (χ1) is 8.81. The fourth-order valence-corrected chi connectivity index (χ4v) is 1.39. The molecule has 0 fully saturated rings. The second-order valence-corrected chi connectivity index (χ2v) is 3.58. The third-order valence-corrected chi connectivity index (χ3v) is 2.31. The van der Waals surface area contributed by atoms with Gasteiger partial charge in [-0.3, -0.25) is 4.84 Å². The molecule has 0 radical (unpaired) electrons. The molecule has 0 aliphatic heterocycles. The molecule has 0 amide bonds. The predicted octanol–water partition coefficient (Wildman–Crippen LogP) is 1.65. The molecule has 2 N–H and O–H groups in total. The van der Waals surface area contributed by atoms with E-state index in [1.165, 1.54) is 0 Å². The third-order valence-electron chi connectivity index (χ3n) is 2.31. The Balaban J connectivity index is 1.89. The van der Waals surface area contributed by atoms with Crippen molar-refractivity contribution >= 4 is 0 Å². The maximum absolute atomic E-state index is 5.45. The summed E-state index contributed by atoms with van der Waals surface area (Å²) in [5, 5.41) is 3.73. The summed E-state index contributed by atoms with van der Waals surface area (Å²) in [7, 11) is 1.63. The van der Waals surface area contributed by atoms with Gasteiger partial charge >= 0.3 is 0 Å². The second kappa shape index (κ2) is 6.04. The van der Waals surface area contributed by atoms with Gasteiger partial charge in [0.1, 0.15) is 19.0 Å². The first-order valence-corrected chi connectivity index (χ1v) is 5.35. The second-order valence-electron chi connectivity index (χ2n) is 3.58. The van der Waals surface area contributed by atoms with E-state index in [0.29, 0.717) is 18.2 Å². The van der Waals surface area contributed by atoms with Gasteiger partial charge in [-0.1, -0.05) is 12.1 Å². The molecule has 1 aromatic heterocycles. The lowest BCUT2D eigenvalue weighted by Gasteiger charge is -2.03. The van der Waals surface area contributed by atoms with Crippen LogP contribution in [0.5, 0.6) is 11.6 Å². The van der Waals surface area contributed by atoms with Gasteiger partial charge in [-0.2, -0.15) is 0 Å². The zero-order valence-corrected chi connectivity index (χ0v) is 9.96. The summed E-state index contributed by atoms with van der Waals surface area (Å²) in [6.45, 7) is 0.568. The van der Waals surface area contributed by atoms with E-state index in [1.807, 2.05) is 24.3 Å². The molecular weight excluding hydrogens is 236 g/mol. The van der Waals surface area contributed by atoms with Crippen molar-refractivity contribution in [3.63, 3.8) is 0 Å². The molecule has 96 valence electrons. The molecule has 1 heterocycles. The Morgan fingerprint density at radius 2 is 2.00 bits per heavy atom. The van der Waals surface area contributed by atoms with Crippen LogP contribution in [0.4, 0.5) is 0 Å². The number of aromatic nitrogens is 1. The zero-order valence-electron chi connectivity index (χ0n) is 9.96. The van der Waals surface area contributed by atoms with Crippen LogP contribution in [0.2, 0.25) is 0 Å². The number of nitrogens with two attached hydrogens (primary N) is 1.